The Bertz CT molecular complexity index is 833. The summed E-state index contributed by atoms with van der Waals surface area (Å²) in [5.74, 6) is 0. The zero-order valence-electron chi connectivity index (χ0n) is 15.8. The number of rotatable bonds is 6. The van der Waals surface area contributed by atoms with E-state index in [4.69, 9.17) is 0 Å². The van der Waals surface area contributed by atoms with Crippen molar-refractivity contribution in [1.29, 1.82) is 0 Å². The number of hydrogen-bond donors (Lipinski definition) is 1. The summed E-state index contributed by atoms with van der Waals surface area (Å²) in [5.41, 5.74) is 2.35. The number of pyridine rings is 1. The highest BCUT2D eigenvalue weighted by atomic mass is 32.1. The van der Waals surface area contributed by atoms with Gasteiger partial charge in [-0.15, -0.1) is 11.3 Å². The van der Waals surface area contributed by atoms with Crippen LogP contribution in [0.25, 0.3) is 10.4 Å². The minimum atomic E-state index is 0.603. The smallest absolute Gasteiger partial charge is 0.0576 e. The molecule has 0 spiro atoms. The Balaban J connectivity index is 1.52. The lowest BCUT2D eigenvalue weighted by atomic mass is 10.1. The van der Waals surface area contributed by atoms with Crippen molar-refractivity contribution >= 4 is 11.3 Å². The van der Waals surface area contributed by atoms with Crippen LogP contribution in [0.3, 0.4) is 0 Å². The zero-order chi connectivity index (χ0) is 18.5. The summed E-state index contributed by atoms with van der Waals surface area (Å²) in [6.45, 7) is 4.13. The molecule has 27 heavy (non-hydrogen) atoms. The molecule has 1 unspecified atom stereocenters. The van der Waals surface area contributed by atoms with E-state index in [-0.39, 0.29) is 0 Å². The Morgan fingerprint density at radius 2 is 2.15 bits per heavy atom. The second-order valence-electron chi connectivity index (χ2n) is 7.23. The molecule has 0 amide bonds. The Morgan fingerprint density at radius 3 is 2.96 bits per heavy atom. The Labute approximate surface area is 165 Å². The normalized spacial score (nSPS) is 17.9. The number of aryl methyl sites for hydroxylation is 1. The van der Waals surface area contributed by atoms with E-state index in [1.54, 1.807) is 0 Å². The Morgan fingerprint density at radius 1 is 1.19 bits per heavy atom. The lowest BCUT2D eigenvalue weighted by molar-refractivity contribution is 0.164. The van der Waals surface area contributed by atoms with Crippen LogP contribution in [0.5, 0.6) is 0 Å². The summed E-state index contributed by atoms with van der Waals surface area (Å²) in [6, 6.07) is 11.3. The first kappa shape index (κ1) is 18.3. The predicted molar refractivity (Wildman–Crippen MR) is 111 cm³/mol. The van der Waals surface area contributed by atoms with Crippen LogP contribution >= 0.6 is 11.3 Å². The third-order valence-corrected chi connectivity index (χ3v) is 6.28. The lowest BCUT2D eigenvalue weighted by Crippen LogP contribution is -2.35. The second kappa shape index (κ2) is 8.78. The van der Waals surface area contributed by atoms with Gasteiger partial charge in [-0.05, 0) is 56.6 Å². The Kier molecular flexibility index (Phi) is 5.97. The fraction of sp³-hybridized carbons (Fsp3) is 0.429. The van der Waals surface area contributed by atoms with Gasteiger partial charge in [-0.1, -0.05) is 6.07 Å². The van der Waals surface area contributed by atoms with Gasteiger partial charge in [0.05, 0.1) is 11.9 Å². The lowest BCUT2D eigenvalue weighted by Gasteiger charge is -2.30. The fourth-order valence-electron chi connectivity index (χ4n) is 3.75. The molecule has 142 valence electrons. The molecule has 1 fully saturated rings. The minimum Gasteiger partial charge on any atom is -0.317 e. The van der Waals surface area contributed by atoms with E-state index in [1.165, 1.54) is 34.6 Å². The van der Waals surface area contributed by atoms with E-state index in [0.29, 0.717) is 6.04 Å². The number of hydrogen-bond acceptors (Lipinski definition) is 5. The van der Waals surface area contributed by atoms with Crippen molar-refractivity contribution in [2.45, 2.75) is 38.4 Å². The van der Waals surface area contributed by atoms with Gasteiger partial charge in [-0.25, -0.2) is 0 Å². The van der Waals surface area contributed by atoms with Crippen molar-refractivity contribution in [3.63, 3.8) is 0 Å². The van der Waals surface area contributed by atoms with E-state index in [1.807, 2.05) is 41.5 Å². The molecule has 1 N–H and O–H groups in total. The van der Waals surface area contributed by atoms with E-state index in [9.17, 15) is 0 Å². The molecule has 0 aromatic carbocycles. The predicted octanol–water partition coefficient (Wildman–Crippen LogP) is 3.69. The Hall–Kier alpha value is -2.02. The third kappa shape index (κ3) is 4.83. The SMILES string of the molecule is Cn1cc(-c2ccc(CN(Cc3ccccn3)C3CCCNCC3)s2)cn1. The quantitative estimate of drug-likeness (QED) is 0.707. The number of thiophene rings is 1. The molecule has 0 saturated carbocycles. The van der Waals surface area contributed by atoms with Gasteiger partial charge < -0.3 is 5.32 Å². The first-order chi connectivity index (χ1) is 13.3. The van der Waals surface area contributed by atoms with Crippen LogP contribution in [0.15, 0.2) is 48.9 Å². The maximum absolute atomic E-state index is 4.57. The molecular formula is C21H27N5S. The van der Waals surface area contributed by atoms with Gasteiger partial charge in [0.25, 0.3) is 0 Å². The van der Waals surface area contributed by atoms with Gasteiger partial charge in [0.15, 0.2) is 0 Å². The highest BCUT2D eigenvalue weighted by Crippen LogP contribution is 2.30. The minimum absolute atomic E-state index is 0.603. The molecule has 3 aromatic rings. The fourth-order valence-corrected chi connectivity index (χ4v) is 4.75. The van der Waals surface area contributed by atoms with Gasteiger partial charge in [-0.3, -0.25) is 14.6 Å². The average molecular weight is 382 g/mol. The first-order valence-electron chi connectivity index (χ1n) is 9.70. The maximum Gasteiger partial charge on any atom is 0.0576 e. The molecule has 3 aromatic heterocycles. The summed E-state index contributed by atoms with van der Waals surface area (Å²) >= 11 is 1.88. The second-order valence-corrected chi connectivity index (χ2v) is 8.40. The standard InChI is InChI=1S/C21H27N5S/c1-25-14-17(13-24-25)21-8-7-20(27-21)16-26(15-18-5-2-3-11-23-18)19-6-4-10-22-12-9-19/h2-3,5,7-8,11,13-14,19,22H,4,6,9-10,12,15-16H2,1H3. The van der Waals surface area contributed by atoms with E-state index < -0.39 is 0 Å². The van der Waals surface area contributed by atoms with Crippen LogP contribution in [-0.4, -0.2) is 38.8 Å². The summed E-state index contributed by atoms with van der Waals surface area (Å²) < 4.78 is 1.86. The molecule has 0 aliphatic carbocycles. The summed E-state index contributed by atoms with van der Waals surface area (Å²) in [5, 5.41) is 7.84. The monoisotopic (exact) mass is 381 g/mol. The molecule has 0 bridgehead atoms. The molecule has 1 aliphatic heterocycles. The van der Waals surface area contributed by atoms with Crippen LogP contribution in [-0.2, 0) is 20.1 Å². The van der Waals surface area contributed by atoms with Crippen molar-refractivity contribution in [2.24, 2.45) is 7.05 Å². The van der Waals surface area contributed by atoms with Crippen LogP contribution in [0.4, 0.5) is 0 Å². The molecule has 4 heterocycles. The largest absolute Gasteiger partial charge is 0.317 e. The third-order valence-electron chi connectivity index (χ3n) is 5.16. The molecular weight excluding hydrogens is 354 g/mol. The van der Waals surface area contributed by atoms with Gasteiger partial charge in [0, 0.05) is 53.9 Å². The molecule has 1 aliphatic rings. The van der Waals surface area contributed by atoms with Crippen LogP contribution in [0.1, 0.15) is 29.8 Å². The molecule has 1 saturated heterocycles. The van der Waals surface area contributed by atoms with E-state index in [0.717, 1.165) is 31.9 Å². The number of nitrogens with one attached hydrogen (secondary N) is 1. The van der Waals surface area contributed by atoms with Crippen molar-refractivity contribution in [3.8, 4) is 10.4 Å². The van der Waals surface area contributed by atoms with Crippen molar-refractivity contribution in [3.05, 3.63) is 59.5 Å². The van der Waals surface area contributed by atoms with Gasteiger partial charge >= 0.3 is 0 Å². The van der Waals surface area contributed by atoms with Crippen LogP contribution in [0.2, 0.25) is 0 Å². The number of aromatic nitrogens is 3. The summed E-state index contributed by atoms with van der Waals surface area (Å²) in [6.07, 6.45) is 9.62. The zero-order valence-corrected chi connectivity index (χ0v) is 16.7. The molecule has 0 radical (unpaired) electrons. The van der Waals surface area contributed by atoms with Gasteiger partial charge in [0.1, 0.15) is 0 Å². The highest BCUT2D eigenvalue weighted by Gasteiger charge is 2.21. The van der Waals surface area contributed by atoms with Crippen molar-refractivity contribution < 1.29 is 0 Å². The van der Waals surface area contributed by atoms with E-state index in [2.05, 4.69) is 50.8 Å². The molecule has 6 heteroatoms. The highest BCUT2D eigenvalue weighted by molar-refractivity contribution is 7.15. The van der Waals surface area contributed by atoms with Crippen LogP contribution < -0.4 is 5.32 Å². The topological polar surface area (TPSA) is 46.0 Å². The summed E-state index contributed by atoms with van der Waals surface area (Å²) in [7, 11) is 1.96. The average Bonchev–Trinajstić information content (AvgIpc) is 3.23. The van der Waals surface area contributed by atoms with Gasteiger partial charge in [-0.2, -0.15) is 5.10 Å². The van der Waals surface area contributed by atoms with Gasteiger partial charge in [0.2, 0.25) is 0 Å². The first-order valence-corrected chi connectivity index (χ1v) is 10.5. The maximum atomic E-state index is 4.57. The van der Waals surface area contributed by atoms with Crippen molar-refractivity contribution in [2.75, 3.05) is 13.1 Å². The summed E-state index contributed by atoms with van der Waals surface area (Å²) in [4.78, 5) is 9.88. The molecule has 5 nitrogen and oxygen atoms in total. The van der Waals surface area contributed by atoms with Crippen LogP contribution in [0, 0.1) is 0 Å². The molecule has 4 rings (SSSR count). The van der Waals surface area contributed by atoms with Crippen molar-refractivity contribution in [1.82, 2.24) is 25.0 Å². The number of nitrogens with zero attached hydrogens (tertiary/aromatic N) is 4. The van der Waals surface area contributed by atoms with E-state index >= 15 is 0 Å². The molecule has 1 atom stereocenters.